The Morgan fingerprint density at radius 2 is 1.67 bits per heavy atom. The molecule has 0 aromatic heterocycles. The highest BCUT2D eigenvalue weighted by Gasteiger charge is 2.11. The Hall–Kier alpha value is -0.740. The molecule has 0 unspecified atom stereocenters. The van der Waals surface area contributed by atoms with Gasteiger partial charge in [0.05, 0.1) is 0 Å². The molecule has 0 fully saturated rings. The van der Waals surface area contributed by atoms with E-state index in [1.807, 2.05) is 0 Å². The number of hydrogen-bond donors (Lipinski definition) is 1. The van der Waals surface area contributed by atoms with Gasteiger partial charge in [-0.25, -0.2) is 13.2 Å². The molecule has 12 heavy (non-hydrogen) atoms. The van der Waals surface area contributed by atoms with Crippen molar-refractivity contribution in [3.05, 3.63) is 35.1 Å². The highest BCUT2D eigenvalue weighted by molar-refractivity contribution is 5.85. The van der Waals surface area contributed by atoms with Crippen molar-refractivity contribution in [3.63, 3.8) is 0 Å². The molecule has 0 saturated carbocycles. The molecule has 0 atom stereocenters. The van der Waals surface area contributed by atoms with Crippen LogP contribution in [0.2, 0.25) is 0 Å². The van der Waals surface area contributed by atoms with Crippen molar-refractivity contribution >= 4 is 12.4 Å². The lowest BCUT2D eigenvalue weighted by molar-refractivity contribution is 0.441. The van der Waals surface area contributed by atoms with Crippen LogP contribution in [0.3, 0.4) is 0 Å². The van der Waals surface area contributed by atoms with Crippen LogP contribution >= 0.6 is 12.4 Å². The van der Waals surface area contributed by atoms with Crippen LogP contribution in [0.5, 0.6) is 0 Å². The average molecular weight is 198 g/mol. The van der Waals surface area contributed by atoms with Crippen LogP contribution in [0.15, 0.2) is 12.1 Å². The van der Waals surface area contributed by atoms with Gasteiger partial charge in [0.25, 0.3) is 0 Å². The molecule has 1 aromatic rings. The van der Waals surface area contributed by atoms with Crippen LogP contribution < -0.4 is 5.73 Å². The molecule has 0 bridgehead atoms. The van der Waals surface area contributed by atoms with E-state index in [-0.39, 0.29) is 24.5 Å². The number of hydrogen-bond acceptors (Lipinski definition) is 1. The van der Waals surface area contributed by atoms with E-state index < -0.39 is 17.5 Å². The van der Waals surface area contributed by atoms with Crippen LogP contribution in [0, 0.1) is 17.5 Å². The monoisotopic (exact) mass is 197 g/mol. The fraction of sp³-hybridized carbons (Fsp3) is 0.143. The van der Waals surface area contributed by atoms with Crippen LogP contribution in [0.1, 0.15) is 5.56 Å². The molecule has 0 heterocycles. The van der Waals surface area contributed by atoms with Crippen LogP contribution in [-0.2, 0) is 6.54 Å². The fourth-order valence-electron chi connectivity index (χ4n) is 0.724. The highest BCUT2D eigenvalue weighted by Crippen LogP contribution is 2.13. The Balaban J connectivity index is 0.00000121. The summed E-state index contributed by atoms with van der Waals surface area (Å²) >= 11 is 0. The highest BCUT2D eigenvalue weighted by atomic mass is 35.5. The minimum Gasteiger partial charge on any atom is -0.326 e. The standard InChI is InChI=1S/C7H6F3N.ClH/c8-5-2-1-4(3-11)6(9)7(5)10;/h1-2H,3,11H2;1H. The maximum absolute atomic E-state index is 12.6. The normalized spacial score (nSPS) is 9.33. The van der Waals surface area contributed by atoms with Gasteiger partial charge in [-0.3, -0.25) is 0 Å². The van der Waals surface area contributed by atoms with E-state index in [9.17, 15) is 13.2 Å². The summed E-state index contributed by atoms with van der Waals surface area (Å²) < 4.78 is 37.2. The predicted molar refractivity (Wildman–Crippen MR) is 41.5 cm³/mol. The van der Waals surface area contributed by atoms with Gasteiger partial charge >= 0.3 is 0 Å². The summed E-state index contributed by atoms with van der Waals surface area (Å²) in [5.41, 5.74) is 5.02. The van der Waals surface area contributed by atoms with Gasteiger partial charge < -0.3 is 5.73 Å². The van der Waals surface area contributed by atoms with Crippen LogP contribution in [0.4, 0.5) is 13.2 Å². The van der Waals surface area contributed by atoms with Gasteiger partial charge in [0, 0.05) is 12.1 Å². The summed E-state index contributed by atoms with van der Waals surface area (Å²) in [6, 6.07) is 1.97. The molecule has 1 aromatic carbocycles. The molecule has 0 aliphatic heterocycles. The quantitative estimate of drug-likeness (QED) is 0.685. The van der Waals surface area contributed by atoms with E-state index in [1.54, 1.807) is 0 Å². The number of benzene rings is 1. The third-order valence-corrected chi connectivity index (χ3v) is 1.34. The lowest BCUT2D eigenvalue weighted by Gasteiger charge is -1.99. The molecule has 68 valence electrons. The SMILES string of the molecule is Cl.NCc1ccc(F)c(F)c1F. The fourth-order valence-corrected chi connectivity index (χ4v) is 0.724. The molecule has 0 aliphatic rings. The van der Waals surface area contributed by atoms with Gasteiger partial charge in [0.1, 0.15) is 0 Å². The van der Waals surface area contributed by atoms with Crippen molar-refractivity contribution in [1.82, 2.24) is 0 Å². The minimum atomic E-state index is -1.46. The lowest BCUT2D eigenvalue weighted by Crippen LogP contribution is -2.03. The van der Waals surface area contributed by atoms with E-state index in [0.717, 1.165) is 12.1 Å². The van der Waals surface area contributed by atoms with Crippen molar-refractivity contribution in [2.45, 2.75) is 6.54 Å². The summed E-state index contributed by atoms with van der Waals surface area (Å²) in [6.45, 7) is -0.136. The molecule has 0 spiro atoms. The van der Waals surface area contributed by atoms with E-state index in [2.05, 4.69) is 0 Å². The van der Waals surface area contributed by atoms with Crippen molar-refractivity contribution in [3.8, 4) is 0 Å². The summed E-state index contributed by atoms with van der Waals surface area (Å²) in [5.74, 6) is -3.86. The summed E-state index contributed by atoms with van der Waals surface area (Å²) in [4.78, 5) is 0. The predicted octanol–water partition coefficient (Wildman–Crippen LogP) is 1.98. The maximum atomic E-state index is 12.6. The third-order valence-electron chi connectivity index (χ3n) is 1.34. The topological polar surface area (TPSA) is 26.0 Å². The number of nitrogens with two attached hydrogens (primary N) is 1. The first-order valence-corrected chi connectivity index (χ1v) is 2.99. The first-order valence-electron chi connectivity index (χ1n) is 2.99. The van der Waals surface area contributed by atoms with Crippen molar-refractivity contribution in [2.24, 2.45) is 5.73 Å². The lowest BCUT2D eigenvalue weighted by atomic mass is 10.2. The molecule has 0 amide bonds. The molecule has 1 nitrogen and oxygen atoms in total. The Bertz CT molecular complexity index is 278. The molecular weight excluding hydrogens is 191 g/mol. The Morgan fingerprint density at radius 1 is 1.08 bits per heavy atom. The van der Waals surface area contributed by atoms with Gasteiger partial charge in [-0.1, -0.05) is 6.07 Å². The summed E-state index contributed by atoms with van der Waals surface area (Å²) in [7, 11) is 0. The molecule has 2 N–H and O–H groups in total. The molecule has 5 heteroatoms. The van der Waals surface area contributed by atoms with Gasteiger partial charge in [0.2, 0.25) is 0 Å². The van der Waals surface area contributed by atoms with Crippen LogP contribution in [0.25, 0.3) is 0 Å². The van der Waals surface area contributed by atoms with Crippen LogP contribution in [-0.4, -0.2) is 0 Å². The molecule has 0 aliphatic carbocycles. The Labute approximate surface area is 73.8 Å². The first kappa shape index (κ1) is 11.3. The molecule has 0 saturated heterocycles. The maximum Gasteiger partial charge on any atom is 0.194 e. The minimum absolute atomic E-state index is 0. The Morgan fingerprint density at radius 3 is 2.17 bits per heavy atom. The van der Waals surface area contributed by atoms with Gasteiger partial charge in [0.15, 0.2) is 17.5 Å². The zero-order valence-electron chi connectivity index (χ0n) is 5.98. The summed E-state index contributed by atoms with van der Waals surface area (Å²) in [5, 5.41) is 0. The largest absolute Gasteiger partial charge is 0.326 e. The average Bonchev–Trinajstić information content (AvgIpc) is 2.01. The van der Waals surface area contributed by atoms with Gasteiger partial charge in [-0.2, -0.15) is 0 Å². The second kappa shape index (κ2) is 4.33. The molecular formula is C7H7ClF3N. The van der Waals surface area contributed by atoms with Gasteiger partial charge in [-0.15, -0.1) is 12.4 Å². The second-order valence-electron chi connectivity index (χ2n) is 2.04. The van der Waals surface area contributed by atoms with Gasteiger partial charge in [-0.05, 0) is 6.07 Å². The van der Waals surface area contributed by atoms with E-state index in [1.165, 1.54) is 0 Å². The van der Waals surface area contributed by atoms with Crippen molar-refractivity contribution in [1.29, 1.82) is 0 Å². The second-order valence-corrected chi connectivity index (χ2v) is 2.04. The van der Waals surface area contributed by atoms with E-state index >= 15 is 0 Å². The smallest absolute Gasteiger partial charge is 0.194 e. The number of rotatable bonds is 1. The third kappa shape index (κ3) is 1.89. The zero-order valence-corrected chi connectivity index (χ0v) is 6.80. The van der Waals surface area contributed by atoms with E-state index in [0.29, 0.717) is 0 Å². The Kier molecular flexibility index (Phi) is 4.06. The first-order chi connectivity index (χ1) is 5.16. The van der Waals surface area contributed by atoms with Crippen molar-refractivity contribution < 1.29 is 13.2 Å². The van der Waals surface area contributed by atoms with Crippen molar-refractivity contribution in [2.75, 3.05) is 0 Å². The number of halogens is 4. The molecule has 1 rings (SSSR count). The summed E-state index contributed by atoms with van der Waals surface area (Å²) in [6.07, 6.45) is 0. The zero-order chi connectivity index (χ0) is 8.43. The van der Waals surface area contributed by atoms with E-state index in [4.69, 9.17) is 5.73 Å². The molecule has 0 radical (unpaired) electrons.